The number of amides is 1. The van der Waals surface area contributed by atoms with E-state index in [9.17, 15) is 4.79 Å². The highest BCUT2D eigenvalue weighted by Gasteiger charge is 2.40. The molecule has 18 heavy (non-hydrogen) atoms. The standard InChI is InChI=1S/C13H21NO4/c15-12(10-11-2-1-7-16-11)14-5-3-13(4-6-14)17-8-9-18-13/h11H,1-10H2. The van der Waals surface area contributed by atoms with Gasteiger partial charge in [0.15, 0.2) is 5.79 Å². The molecule has 5 heteroatoms. The Balaban J connectivity index is 1.48. The Labute approximate surface area is 107 Å². The Kier molecular flexibility index (Phi) is 3.54. The highest BCUT2D eigenvalue weighted by Crippen LogP contribution is 2.31. The van der Waals surface area contributed by atoms with Crippen molar-refractivity contribution in [2.75, 3.05) is 32.9 Å². The van der Waals surface area contributed by atoms with Crippen molar-refractivity contribution in [3.05, 3.63) is 0 Å². The van der Waals surface area contributed by atoms with E-state index in [0.29, 0.717) is 19.6 Å². The molecular formula is C13H21NO4. The third kappa shape index (κ3) is 2.53. The van der Waals surface area contributed by atoms with Crippen molar-refractivity contribution in [1.29, 1.82) is 0 Å². The maximum atomic E-state index is 12.1. The van der Waals surface area contributed by atoms with Gasteiger partial charge in [0.25, 0.3) is 0 Å². The van der Waals surface area contributed by atoms with Gasteiger partial charge in [0.1, 0.15) is 0 Å². The molecule has 1 spiro atoms. The third-order valence-electron chi connectivity index (χ3n) is 4.12. The maximum Gasteiger partial charge on any atom is 0.225 e. The van der Waals surface area contributed by atoms with Gasteiger partial charge in [-0.25, -0.2) is 0 Å². The van der Waals surface area contributed by atoms with Crippen LogP contribution in [0.5, 0.6) is 0 Å². The number of hydrogen-bond acceptors (Lipinski definition) is 4. The normalized spacial score (nSPS) is 31.1. The van der Waals surface area contributed by atoms with E-state index in [2.05, 4.69) is 0 Å². The van der Waals surface area contributed by atoms with Crippen LogP contribution in [0.4, 0.5) is 0 Å². The van der Waals surface area contributed by atoms with Gasteiger partial charge in [-0.2, -0.15) is 0 Å². The molecule has 1 amide bonds. The van der Waals surface area contributed by atoms with Gasteiger partial charge in [0.05, 0.1) is 25.7 Å². The SMILES string of the molecule is O=C(CC1CCCO1)N1CCC2(CC1)OCCO2. The Morgan fingerprint density at radius 1 is 1.17 bits per heavy atom. The summed E-state index contributed by atoms with van der Waals surface area (Å²) in [6, 6.07) is 0. The zero-order valence-electron chi connectivity index (χ0n) is 10.7. The molecule has 3 fully saturated rings. The van der Waals surface area contributed by atoms with E-state index in [-0.39, 0.29) is 17.8 Å². The minimum Gasteiger partial charge on any atom is -0.378 e. The van der Waals surface area contributed by atoms with Crippen LogP contribution < -0.4 is 0 Å². The van der Waals surface area contributed by atoms with E-state index < -0.39 is 0 Å². The smallest absolute Gasteiger partial charge is 0.225 e. The molecule has 0 N–H and O–H groups in total. The number of likely N-dealkylation sites (tertiary alicyclic amines) is 1. The minimum atomic E-state index is -0.388. The van der Waals surface area contributed by atoms with E-state index in [1.807, 2.05) is 4.90 Å². The second kappa shape index (κ2) is 5.15. The topological polar surface area (TPSA) is 48.0 Å². The molecule has 3 heterocycles. The highest BCUT2D eigenvalue weighted by molar-refractivity contribution is 5.76. The van der Waals surface area contributed by atoms with Crippen molar-refractivity contribution in [3.8, 4) is 0 Å². The lowest BCUT2D eigenvalue weighted by Gasteiger charge is -2.37. The second-order valence-corrected chi connectivity index (χ2v) is 5.33. The number of carbonyl (C=O) groups excluding carboxylic acids is 1. The lowest BCUT2D eigenvalue weighted by atomic mass is 10.0. The van der Waals surface area contributed by atoms with Gasteiger partial charge in [-0.05, 0) is 12.8 Å². The number of nitrogens with zero attached hydrogens (tertiary/aromatic N) is 1. The molecule has 0 aromatic carbocycles. The quantitative estimate of drug-likeness (QED) is 0.736. The molecule has 1 atom stereocenters. The molecule has 0 bridgehead atoms. The van der Waals surface area contributed by atoms with E-state index in [1.165, 1.54) is 0 Å². The van der Waals surface area contributed by atoms with Gasteiger partial charge >= 0.3 is 0 Å². The van der Waals surface area contributed by atoms with Crippen LogP contribution >= 0.6 is 0 Å². The average Bonchev–Trinajstić information content (AvgIpc) is 3.03. The van der Waals surface area contributed by atoms with E-state index >= 15 is 0 Å². The van der Waals surface area contributed by atoms with Crippen LogP contribution in [0.3, 0.4) is 0 Å². The van der Waals surface area contributed by atoms with Gasteiger partial charge in [-0.15, -0.1) is 0 Å². The van der Waals surface area contributed by atoms with Crippen LogP contribution in [0.15, 0.2) is 0 Å². The average molecular weight is 255 g/mol. The molecular weight excluding hydrogens is 234 g/mol. The maximum absolute atomic E-state index is 12.1. The first kappa shape index (κ1) is 12.4. The summed E-state index contributed by atoms with van der Waals surface area (Å²) in [6.45, 7) is 3.66. The van der Waals surface area contributed by atoms with E-state index in [1.54, 1.807) is 0 Å². The van der Waals surface area contributed by atoms with Crippen molar-refractivity contribution >= 4 is 5.91 Å². The minimum absolute atomic E-state index is 0.146. The lowest BCUT2D eigenvalue weighted by Crippen LogP contribution is -2.47. The van der Waals surface area contributed by atoms with Gasteiger partial charge in [0.2, 0.25) is 5.91 Å². The molecule has 0 aromatic rings. The van der Waals surface area contributed by atoms with Gasteiger partial charge in [0, 0.05) is 32.5 Å². The Morgan fingerprint density at radius 2 is 1.89 bits per heavy atom. The number of ether oxygens (including phenoxy) is 3. The van der Waals surface area contributed by atoms with Crippen LogP contribution in [-0.4, -0.2) is 55.6 Å². The van der Waals surface area contributed by atoms with Crippen molar-refractivity contribution in [3.63, 3.8) is 0 Å². The molecule has 0 aromatic heterocycles. The largest absolute Gasteiger partial charge is 0.378 e. The molecule has 0 aliphatic carbocycles. The van der Waals surface area contributed by atoms with Crippen LogP contribution in [0.1, 0.15) is 32.1 Å². The first-order chi connectivity index (χ1) is 8.77. The molecule has 3 saturated heterocycles. The van der Waals surface area contributed by atoms with Crippen molar-refractivity contribution in [2.45, 2.75) is 44.0 Å². The summed E-state index contributed by atoms with van der Waals surface area (Å²) in [4.78, 5) is 14.1. The van der Waals surface area contributed by atoms with Gasteiger partial charge in [-0.3, -0.25) is 4.79 Å². The van der Waals surface area contributed by atoms with E-state index in [4.69, 9.17) is 14.2 Å². The molecule has 3 aliphatic rings. The monoisotopic (exact) mass is 255 g/mol. The number of piperidine rings is 1. The second-order valence-electron chi connectivity index (χ2n) is 5.33. The first-order valence-electron chi connectivity index (χ1n) is 6.95. The molecule has 102 valence electrons. The van der Waals surface area contributed by atoms with Crippen molar-refractivity contribution in [1.82, 2.24) is 4.90 Å². The highest BCUT2D eigenvalue weighted by atomic mass is 16.7. The number of carbonyl (C=O) groups is 1. The summed E-state index contributed by atoms with van der Waals surface area (Å²) in [6.07, 6.45) is 4.38. The number of hydrogen-bond donors (Lipinski definition) is 0. The zero-order chi connectivity index (χ0) is 12.4. The molecule has 5 nitrogen and oxygen atoms in total. The summed E-state index contributed by atoms with van der Waals surface area (Å²) < 4.78 is 16.8. The molecule has 3 rings (SSSR count). The Morgan fingerprint density at radius 3 is 2.50 bits per heavy atom. The summed E-state index contributed by atoms with van der Waals surface area (Å²) in [5, 5.41) is 0. The van der Waals surface area contributed by atoms with Gasteiger partial charge < -0.3 is 19.1 Å². The summed E-state index contributed by atoms with van der Waals surface area (Å²) in [5.41, 5.74) is 0. The summed E-state index contributed by atoms with van der Waals surface area (Å²) >= 11 is 0. The van der Waals surface area contributed by atoms with E-state index in [0.717, 1.165) is 45.4 Å². The lowest BCUT2D eigenvalue weighted by molar-refractivity contribution is -0.187. The van der Waals surface area contributed by atoms with Crippen LogP contribution in [0.25, 0.3) is 0 Å². The predicted molar refractivity (Wildman–Crippen MR) is 64.0 cm³/mol. The fourth-order valence-electron chi connectivity index (χ4n) is 3.01. The van der Waals surface area contributed by atoms with Crippen molar-refractivity contribution < 1.29 is 19.0 Å². The zero-order valence-corrected chi connectivity index (χ0v) is 10.7. The summed E-state index contributed by atoms with van der Waals surface area (Å²) in [7, 11) is 0. The predicted octanol–water partition coefficient (Wildman–Crippen LogP) is 0.921. The van der Waals surface area contributed by atoms with Crippen molar-refractivity contribution in [2.24, 2.45) is 0 Å². The summed E-state index contributed by atoms with van der Waals surface area (Å²) in [5.74, 6) is -0.171. The molecule has 0 saturated carbocycles. The Hall–Kier alpha value is -0.650. The van der Waals surface area contributed by atoms with Crippen LogP contribution in [-0.2, 0) is 19.0 Å². The number of rotatable bonds is 2. The molecule has 0 radical (unpaired) electrons. The van der Waals surface area contributed by atoms with Crippen LogP contribution in [0, 0.1) is 0 Å². The fraction of sp³-hybridized carbons (Fsp3) is 0.923. The Bertz CT molecular complexity index is 298. The fourth-order valence-corrected chi connectivity index (χ4v) is 3.01. The third-order valence-corrected chi connectivity index (χ3v) is 4.12. The molecule has 1 unspecified atom stereocenters. The van der Waals surface area contributed by atoms with Gasteiger partial charge in [-0.1, -0.05) is 0 Å². The van der Waals surface area contributed by atoms with Crippen LogP contribution in [0.2, 0.25) is 0 Å². The first-order valence-corrected chi connectivity index (χ1v) is 6.95. The molecule has 3 aliphatic heterocycles.